The zero-order valence-corrected chi connectivity index (χ0v) is 22.0. The Kier molecular flexibility index (Phi) is 7.33. The SMILES string of the molecule is COc1cc(OC)cc(-n2c(CN3CCN(c4ccccc4OC)CC3)nc3ccc([N+](=O)[O-])cc3c2=O)c1. The monoisotopic (exact) mass is 531 g/mol. The Morgan fingerprint density at radius 1 is 0.897 bits per heavy atom. The number of nitro groups is 1. The highest BCUT2D eigenvalue weighted by Gasteiger charge is 2.23. The third-order valence-electron chi connectivity index (χ3n) is 6.89. The van der Waals surface area contributed by atoms with Gasteiger partial charge in [0, 0.05) is 56.5 Å². The fraction of sp³-hybridized carbons (Fsp3) is 0.286. The van der Waals surface area contributed by atoms with Crippen LogP contribution in [0, 0.1) is 10.1 Å². The van der Waals surface area contributed by atoms with Gasteiger partial charge in [0.1, 0.15) is 23.1 Å². The zero-order chi connectivity index (χ0) is 27.5. The summed E-state index contributed by atoms with van der Waals surface area (Å²) in [6.07, 6.45) is 0. The van der Waals surface area contributed by atoms with Gasteiger partial charge in [0.2, 0.25) is 0 Å². The Hall–Kier alpha value is -4.64. The van der Waals surface area contributed by atoms with Crippen LogP contribution in [0.25, 0.3) is 16.6 Å². The predicted octanol–water partition coefficient (Wildman–Crippen LogP) is 3.64. The Morgan fingerprint density at radius 2 is 1.59 bits per heavy atom. The van der Waals surface area contributed by atoms with E-state index in [-0.39, 0.29) is 11.1 Å². The van der Waals surface area contributed by atoms with Crippen molar-refractivity contribution in [2.24, 2.45) is 0 Å². The average Bonchev–Trinajstić information content (AvgIpc) is 2.97. The molecule has 0 unspecified atom stereocenters. The van der Waals surface area contributed by atoms with Crippen molar-refractivity contribution in [3.63, 3.8) is 0 Å². The van der Waals surface area contributed by atoms with Crippen LogP contribution in [0.15, 0.2) is 65.5 Å². The fourth-order valence-electron chi connectivity index (χ4n) is 4.86. The lowest BCUT2D eigenvalue weighted by molar-refractivity contribution is -0.384. The lowest BCUT2D eigenvalue weighted by atomic mass is 10.2. The topological polar surface area (TPSA) is 112 Å². The summed E-state index contributed by atoms with van der Waals surface area (Å²) in [4.78, 5) is 34.1. The molecular weight excluding hydrogens is 502 g/mol. The normalized spacial score (nSPS) is 13.9. The minimum atomic E-state index is -0.521. The third-order valence-corrected chi connectivity index (χ3v) is 6.89. The molecule has 0 aliphatic carbocycles. The number of benzene rings is 3. The number of aromatic nitrogens is 2. The van der Waals surface area contributed by atoms with E-state index in [1.165, 1.54) is 37.0 Å². The first-order valence-electron chi connectivity index (χ1n) is 12.5. The van der Waals surface area contributed by atoms with Crippen LogP contribution in [-0.2, 0) is 6.54 Å². The maximum Gasteiger partial charge on any atom is 0.270 e. The first-order valence-corrected chi connectivity index (χ1v) is 12.5. The van der Waals surface area contributed by atoms with Gasteiger partial charge in [-0.2, -0.15) is 0 Å². The van der Waals surface area contributed by atoms with Crippen LogP contribution in [-0.4, -0.2) is 66.9 Å². The molecule has 0 atom stereocenters. The summed E-state index contributed by atoms with van der Waals surface area (Å²) in [5, 5.41) is 11.6. The Bertz CT molecular complexity index is 1560. The van der Waals surface area contributed by atoms with E-state index in [1.807, 2.05) is 24.3 Å². The molecule has 0 N–H and O–H groups in total. The summed E-state index contributed by atoms with van der Waals surface area (Å²) < 4.78 is 17.9. The molecule has 0 radical (unpaired) electrons. The second-order valence-electron chi connectivity index (χ2n) is 9.13. The molecule has 0 amide bonds. The summed E-state index contributed by atoms with van der Waals surface area (Å²) >= 11 is 0. The van der Waals surface area contributed by atoms with Crippen LogP contribution in [0.5, 0.6) is 17.2 Å². The van der Waals surface area contributed by atoms with Gasteiger partial charge in [-0.3, -0.25) is 24.4 Å². The summed E-state index contributed by atoms with van der Waals surface area (Å²) in [5.41, 5.74) is 1.38. The maximum absolute atomic E-state index is 13.9. The number of piperazine rings is 1. The first-order chi connectivity index (χ1) is 18.9. The van der Waals surface area contributed by atoms with E-state index in [0.29, 0.717) is 35.1 Å². The van der Waals surface area contributed by atoms with Crippen molar-refractivity contribution in [2.45, 2.75) is 6.54 Å². The molecule has 5 rings (SSSR count). The van der Waals surface area contributed by atoms with Crippen LogP contribution in [0.3, 0.4) is 0 Å². The predicted molar refractivity (Wildman–Crippen MR) is 148 cm³/mol. The number of nitro benzene ring substituents is 1. The summed E-state index contributed by atoms with van der Waals surface area (Å²) in [6.45, 7) is 3.44. The van der Waals surface area contributed by atoms with Crippen molar-refractivity contribution in [1.29, 1.82) is 0 Å². The van der Waals surface area contributed by atoms with Crippen molar-refractivity contribution in [3.05, 3.63) is 87.0 Å². The van der Waals surface area contributed by atoms with Crippen LogP contribution < -0.4 is 24.7 Å². The molecular formula is C28H29N5O6. The molecule has 3 aromatic carbocycles. The summed E-state index contributed by atoms with van der Waals surface area (Å²) in [6, 6.07) is 17.3. The quantitative estimate of drug-likeness (QED) is 0.248. The molecule has 11 heteroatoms. The lowest BCUT2D eigenvalue weighted by Gasteiger charge is -2.36. The van der Waals surface area contributed by atoms with E-state index in [4.69, 9.17) is 19.2 Å². The van der Waals surface area contributed by atoms with Gasteiger partial charge >= 0.3 is 0 Å². The van der Waals surface area contributed by atoms with Crippen molar-refractivity contribution >= 4 is 22.3 Å². The number of hydrogen-bond donors (Lipinski definition) is 0. The fourth-order valence-corrected chi connectivity index (χ4v) is 4.86. The van der Waals surface area contributed by atoms with Crippen LogP contribution in [0.4, 0.5) is 11.4 Å². The van der Waals surface area contributed by atoms with Crippen LogP contribution in [0.2, 0.25) is 0 Å². The summed E-state index contributed by atoms with van der Waals surface area (Å²) in [7, 11) is 4.73. The third kappa shape index (κ3) is 5.21. The molecule has 39 heavy (non-hydrogen) atoms. The molecule has 0 saturated carbocycles. The second kappa shape index (κ2) is 11.0. The molecule has 202 valence electrons. The van der Waals surface area contributed by atoms with Gasteiger partial charge in [0.25, 0.3) is 11.2 Å². The van der Waals surface area contributed by atoms with Crippen molar-refractivity contribution in [1.82, 2.24) is 14.5 Å². The highest BCUT2D eigenvalue weighted by atomic mass is 16.6. The number of nitrogens with zero attached hydrogens (tertiary/aromatic N) is 5. The number of para-hydroxylation sites is 2. The highest BCUT2D eigenvalue weighted by molar-refractivity contribution is 5.80. The number of hydrogen-bond acceptors (Lipinski definition) is 9. The average molecular weight is 532 g/mol. The lowest BCUT2D eigenvalue weighted by Crippen LogP contribution is -2.46. The number of methoxy groups -OCH3 is 3. The number of ether oxygens (including phenoxy) is 3. The molecule has 0 bridgehead atoms. The van der Waals surface area contributed by atoms with Crippen LogP contribution in [0.1, 0.15) is 5.82 Å². The highest BCUT2D eigenvalue weighted by Crippen LogP contribution is 2.29. The Morgan fingerprint density at radius 3 is 2.23 bits per heavy atom. The molecule has 1 saturated heterocycles. The Labute approximate surface area is 224 Å². The van der Waals surface area contributed by atoms with Crippen LogP contribution >= 0.6 is 0 Å². The molecule has 1 aliphatic heterocycles. The van der Waals surface area contributed by atoms with E-state index in [2.05, 4.69) is 9.80 Å². The van der Waals surface area contributed by atoms with Gasteiger partial charge in [0.15, 0.2) is 0 Å². The Balaban J connectivity index is 1.53. The molecule has 2 heterocycles. The molecule has 1 aromatic heterocycles. The smallest absolute Gasteiger partial charge is 0.270 e. The van der Waals surface area contributed by atoms with Crippen molar-refractivity contribution < 1.29 is 19.1 Å². The first kappa shape index (κ1) is 26.0. The van der Waals surface area contributed by atoms with E-state index in [9.17, 15) is 14.9 Å². The van der Waals surface area contributed by atoms with Crippen molar-refractivity contribution in [3.8, 4) is 22.9 Å². The van der Waals surface area contributed by atoms with Gasteiger partial charge in [-0.05, 0) is 18.2 Å². The van der Waals surface area contributed by atoms with E-state index >= 15 is 0 Å². The number of fused-ring (bicyclic) bond motifs is 1. The van der Waals surface area contributed by atoms with Gasteiger partial charge in [-0.15, -0.1) is 0 Å². The number of non-ortho nitro benzene ring substituents is 1. The van der Waals surface area contributed by atoms with E-state index in [0.717, 1.165) is 37.6 Å². The summed E-state index contributed by atoms with van der Waals surface area (Å²) in [5.74, 6) is 2.36. The second-order valence-corrected chi connectivity index (χ2v) is 9.13. The molecule has 11 nitrogen and oxygen atoms in total. The largest absolute Gasteiger partial charge is 0.497 e. The minimum absolute atomic E-state index is 0.163. The van der Waals surface area contributed by atoms with E-state index < -0.39 is 10.5 Å². The molecule has 1 fully saturated rings. The number of anilines is 1. The standard InChI is InChI=1S/C28H29N5O6/c1-37-21-14-20(15-22(17-21)38-2)32-27(29-24-9-8-19(33(35)36)16-23(24)28(32)34)18-30-10-12-31(13-11-30)25-6-4-5-7-26(25)39-3/h4-9,14-17H,10-13,18H2,1-3H3. The van der Waals surface area contributed by atoms with Gasteiger partial charge in [-0.25, -0.2) is 4.98 Å². The zero-order valence-electron chi connectivity index (χ0n) is 22.0. The van der Waals surface area contributed by atoms with Gasteiger partial charge < -0.3 is 19.1 Å². The van der Waals surface area contributed by atoms with Gasteiger partial charge in [-0.1, -0.05) is 12.1 Å². The van der Waals surface area contributed by atoms with Gasteiger partial charge in [0.05, 0.1) is 55.1 Å². The van der Waals surface area contributed by atoms with Crippen molar-refractivity contribution in [2.75, 3.05) is 52.4 Å². The maximum atomic E-state index is 13.9. The molecule has 0 spiro atoms. The minimum Gasteiger partial charge on any atom is -0.497 e. The molecule has 4 aromatic rings. The molecule has 1 aliphatic rings. The number of rotatable bonds is 8. The van der Waals surface area contributed by atoms with E-state index in [1.54, 1.807) is 25.3 Å².